The van der Waals surface area contributed by atoms with Crippen LogP contribution in [0.2, 0.25) is 0 Å². The molecule has 0 aromatic heterocycles. The highest BCUT2D eigenvalue weighted by atomic mass is 32.2. The molecule has 27 heavy (non-hydrogen) atoms. The van der Waals surface area contributed by atoms with Crippen LogP contribution in [0.1, 0.15) is 25.3 Å². The second-order valence-electron chi connectivity index (χ2n) is 6.51. The Morgan fingerprint density at radius 1 is 1.15 bits per heavy atom. The number of carbonyl (C=O) groups is 1. The smallest absolute Gasteiger partial charge is 0.237 e. The molecule has 1 heterocycles. The van der Waals surface area contributed by atoms with Crippen molar-refractivity contribution in [2.24, 2.45) is 0 Å². The minimum Gasteiger partial charge on any atom is -0.489 e. The van der Waals surface area contributed by atoms with Crippen LogP contribution in [0.15, 0.2) is 54.6 Å². The summed E-state index contributed by atoms with van der Waals surface area (Å²) in [7, 11) is 0. The summed E-state index contributed by atoms with van der Waals surface area (Å²) in [6, 6.07) is 17.5. The Morgan fingerprint density at radius 2 is 1.81 bits per heavy atom. The van der Waals surface area contributed by atoms with E-state index in [0.29, 0.717) is 6.61 Å². The van der Waals surface area contributed by atoms with E-state index in [1.54, 1.807) is 0 Å². The number of rotatable bonds is 6. The van der Waals surface area contributed by atoms with Crippen LogP contribution in [0.4, 0.5) is 5.69 Å². The zero-order valence-electron chi connectivity index (χ0n) is 15.4. The zero-order valence-corrected chi connectivity index (χ0v) is 17.0. The normalized spacial score (nSPS) is 14.6. The van der Waals surface area contributed by atoms with Gasteiger partial charge in [0, 0.05) is 18.8 Å². The van der Waals surface area contributed by atoms with Crippen molar-refractivity contribution in [3.05, 3.63) is 60.2 Å². The van der Waals surface area contributed by atoms with E-state index in [9.17, 15) is 4.79 Å². The third kappa shape index (κ3) is 5.97. The van der Waals surface area contributed by atoms with E-state index in [1.165, 1.54) is 24.6 Å². The van der Waals surface area contributed by atoms with Crippen molar-refractivity contribution >= 4 is 39.9 Å². The number of benzene rings is 2. The van der Waals surface area contributed by atoms with Gasteiger partial charge in [-0.2, -0.15) is 0 Å². The minimum absolute atomic E-state index is 0.0421. The highest BCUT2D eigenvalue weighted by Gasteiger charge is 2.21. The van der Waals surface area contributed by atoms with E-state index in [-0.39, 0.29) is 11.2 Å². The number of nitrogens with zero attached hydrogens (tertiary/aromatic N) is 1. The molecule has 2 aromatic rings. The SMILES string of the molecule is C[C@H](SC(=S)N1CCCC1)C(=O)Nc1ccc(OCc2ccccc2)cc1. The van der Waals surface area contributed by atoms with Crippen molar-refractivity contribution in [3.8, 4) is 5.75 Å². The molecule has 1 amide bonds. The summed E-state index contributed by atoms with van der Waals surface area (Å²) < 4.78 is 6.59. The molecule has 1 aliphatic rings. The maximum Gasteiger partial charge on any atom is 0.237 e. The standard InChI is InChI=1S/C21H24N2O2S2/c1-16(27-21(26)23-13-5-6-14-23)20(24)22-18-9-11-19(12-10-18)25-15-17-7-3-2-4-8-17/h2-4,7-12,16H,5-6,13-15H2,1H3,(H,22,24)/t16-/m0/s1. The molecule has 2 aromatic carbocycles. The molecule has 0 unspecified atom stereocenters. The average molecular weight is 401 g/mol. The lowest BCUT2D eigenvalue weighted by atomic mass is 10.2. The quantitative estimate of drug-likeness (QED) is 0.712. The molecule has 0 radical (unpaired) electrons. The number of thioether (sulfide) groups is 1. The van der Waals surface area contributed by atoms with Crippen molar-refractivity contribution < 1.29 is 9.53 Å². The van der Waals surface area contributed by atoms with Crippen LogP contribution in [-0.4, -0.2) is 33.5 Å². The molecule has 0 bridgehead atoms. The van der Waals surface area contributed by atoms with Gasteiger partial charge in [0.1, 0.15) is 16.7 Å². The minimum atomic E-state index is -0.230. The lowest BCUT2D eigenvalue weighted by molar-refractivity contribution is -0.115. The maximum absolute atomic E-state index is 12.4. The Morgan fingerprint density at radius 3 is 2.48 bits per heavy atom. The number of anilines is 1. The monoisotopic (exact) mass is 400 g/mol. The Balaban J connectivity index is 1.46. The highest BCUT2D eigenvalue weighted by molar-refractivity contribution is 8.23. The first kappa shape index (κ1) is 19.7. The number of thiocarbonyl (C=S) groups is 1. The Kier molecular flexibility index (Phi) is 7.12. The fourth-order valence-electron chi connectivity index (χ4n) is 2.80. The van der Waals surface area contributed by atoms with Crippen molar-refractivity contribution in [1.82, 2.24) is 4.90 Å². The second-order valence-corrected chi connectivity index (χ2v) is 8.48. The number of likely N-dealkylation sites (tertiary alicyclic amines) is 1. The summed E-state index contributed by atoms with van der Waals surface area (Å²) in [6.07, 6.45) is 2.36. The van der Waals surface area contributed by atoms with Gasteiger partial charge in [-0.05, 0) is 49.6 Å². The lowest BCUT2D eigenvalue weighted by Crippen LogP contribution is -2.29. The lowest BCUT2D eigenvalue weighted by Gasteiger charge is -2.20. The van der Waals surface area contributed by atoms with E-state index in [4.69, 9.17) is 17.0 Å². The summed E-state index contributed by atoms with van der Waals surface area (Å²) in [6.45, 7) is 4.42. The molecule has 4 nitrogen and oxygen atoms in total. The zero-order chi connectivity index (χ0) is 19.1. The predicted octanol–water partition coefficient (Wildman–Crippen LogP) is 4.71. The molecule has 0 saturated carbocycles. The molecule has 6 heteroatoms. The van der Waals surface area contributed by atoms with Crippen LogP contribution in [0.5, 0.6) is 5.75 Å². The van der Waals surface area contributed by atoms with E-state index in [2.05, 4.69) is 10.2 Å². The summed E-state index contributed by atoms with van der Waals surface area (Å²) in [5.41, 5.74) is 1.88. The van der Waals surface area contributed by atoms with Gasteiger partial charge in [0.15, 0.2) is 0 Å². The molecule has 0 spiro atoms. The fourth-order valence-corrected chi connectivity index (χ4v) is 4.21. The Hall–Kier alpha value is -2.05. The van der Waals surface area contributed by atoms with Gasteiger partial charge < -0.3 is 15.0 Å². The van der Waals surface area contributed by atoms with Gasteiger partial charge in [0.2, 0.25) is 5.91 Å². The topological polar surface area (TPSA) is 41.6 Å². The largest absolute Gasteiger partial charge is 0.489 e. The van der Waals surface area contributed by atoms with E-state index in [0.717, 1.165) is 34.4 Å². The molecular formula is C21H24N2O2S2. The van der Waals surface area contributed by atoms with Gasteiger partial charge in [-0.15, -0.1) is 0 Å². The van der Waals surface area contributed by atoms with Crippen molar-refractivity contribution in [2.75, 3.05) is 18.4 Å². The van der Waals surface area contributed by atoms with Gasteiger partial charge >= 0.3 is 0 Å². The van der Waals surface area contributed by atoms with Crippen LogP contribution >= 0.6 is 24.0 Å². The summed E-state index contributed by atoms with van der Waals surface area (Å²) >= 11 is 6.91. The van der Waals surface area contributed by atoms with Crippen LogP contribution in [0.25, 0.3) is 0 Å². The van der Waals surface area contributed by atoms with Crippen molar-refractivity contribution in [2.45, 2.75) is 31.6 Å². The van der Waals surface area contributed by atoms with Crippen LogP contribution in [0.3, 0.4) is 0 Å². The van der Waals surface area contributed by atoms with E-state index < -0.39 is 0 Å². The molecule has 1 atom stereocenters. The highest BCUT2D eigenvalue weighted by Crippen LogP contribution is 2.22. The third-order valence-electron chi connectivity index (χ3n) is 4.38. The second kappa shape index (κ2) is 9.76. The van der Waals surface area contributed by atoms with Gasteiger partial charge in [0.05, 0.1) is 5.25 Å². The summed E-state index contributed by atoms with van der Waals surface area (Å²) in [4.78, 5) is 14.6. The summed E-state index contributed by atoms with van der Waals surface area (Å²) in [5.74, 6) is 0.731. The first-order chi connectivity index (χ1) is 13.1. The third-order valence-corrected chi connectivity index (χ3v) is 5.96. The first-order valence-electron chi connectivity index (χ1n) is 9.15. The molecule has 0 aliphatic carbocycles. The Bertz CT molecular complexity index is 760. The van der Waals surface area contributed by atoms with Gasteiger partial charge in [0.25, 0.3) is 0 Å². The number of ether oxygens (including phenoxy) is 1. The van der Waals surface area contributed by atoms with Gasteiger partial charge in [-0.1, -0.05) is 54.3 Å². The van der Waals surface area contributed by atoms with Crippen molar-refractivity contribution in [1.29, 1.82) is 0 Å². The van der Waals surface area contributed by atoms with Gasteiger partial charge in [-0.3, -0.25) is 4.79 Å². The molecular weight excluding hydrogens is 376 g/mol. The predicted molar refractivity (Wildman–Crippen MR) is 116 cm³/mol. The Labute approximate surface area is 170 Å². The number of hydrogen-bond acceptors (Lipinski definition) is 4. The number of hydrogen-bond donors (Lipinski definition) is 1. The van der Waals surface area contributed by atoms with E-state index >= 15 is 0 Å². The van der Waals surface area contributed by atoms with Gasteiger partial charge in [-0.25, -0.2) is 0 Å². The fraction of sp³-hybridized carbons (Fsp3) is 0.333. The molecule has 3 rings (SSSR count). The molecule has 142 valence electrons. The van der Waals surface area contributed by atoms with Crippen LogP contribution in [-0.2, 0) is 11.4 Å². The molecule has 1 aliphatic heterocycles. The van der Waals surface area contributed by atoms with E-state index in [1.807, 2.05) is 61.5 Å². The molecule has 1 saturated heterocycles. The average Bonchev–Trinajstić information content (AvgIpc) is 3.23. The summed E-state index contributed by atoms with van der Waals surface area (Å²) in [5, 5.41) is 2.72. The number of nitrogens with one attached hydrogen (secondary N) is 1. The number of carbonyl (C=O) groups excluding carboxylic acids is 1. The van der Waals surface area contributed by atoms with Crippen molar-refractivity contribution in [3.63, 3.8) is 0 Å². The van der Waals surface area contributed by atoms with Crippen LogP contribution in [0, 0.1) is 0 Å². The molecule has 1 N–H and O–H groups in total. The number of amides is 1. The maximum atomic E-state index is 12.4. The van der Waals surface area contributed by atoms with Crippen LogP contribution < -0.4 is 10.1 Å². The molecule has 1 fully saturated rings. The first-order valence-corrected chi connectivity index (χ1v) is 10.4.